The fourth-order valence-corrected chi connectivity index (χ4v) is 3.93. The van der Waals surface area contributed by atoms with Crippen molar-refractivity contribution in [1.29, 1.82) is 5.41 Å². The number of rotatable bonds is 1. The van der Waals surface area contributed by atoms with Crippen LogP contribution < -0.4 is 5.48 Å². The maximum absolute atomic E-state index is 12.4. The lowest BCUT2D eigenvalue weighted by molar-refractivity contribution is 0.0284. The van der Waals surface area contributed by atoms with Gasteiger partial charge in [0.15, 0.2) is 0 Å². The third-order valence-electron chi connectivity index (χ3n) is 4.99. The second kappa shape index (κ2) is 5.77. The van der Waals surface area contributed by atoms with Gasteiger partial charge in [-0.25, -0.2) is 4.79 Å². The first-order valence-electron chi connectivity index (χ1n) is 8.35. The Labute approximate surface area is 142 Å². The number of nitrogens with one attached hydrogen (secondary N) is 2. The first-order chi connectivity index (χ1) is 11.3. The molecule has 24 heavy (non-hydrogen) atoms. The Kier molecular flexibility index (Phi) is 4.03. The quantitative estimate of drug-likeness (QED) is 0.420. The summed E-state index contributed by atoms with van der Waals surface area (Å²) in [6, 6.07) is 5.86. The van der Waals surface area contributed by atoms with Crippen molar-refractivity contribution in [3.05, 3.63) is 34.9 Å². The van der Waals surface area contributed by atoms with Crippen LogP contribution in [0.5, 0.6) is 0 Å². The van der Waals surface area contributed by atoms with Gasteiger partial charge in [0.1, 0.15) is 11.4 Å². The largest absolute Gasteiger partial charge is 0.444 e. The summed E-state index contributed by atoms with van der Waals surface area (Å²) >= 11 is 0. The van der Waals surface area contributed by atoms with Crippen molar-refractivity contribution in [1.82, 2.24) is 10.4 Å². The van der Waals surface area contributed by atoms with Crippen LogP contribution in [0.2, 0.25) is 0 Å². The molecule has 6 nitrogen and oxygen atoms in total. The molecule has 0 bridgehead atoms. The lowest BCUT2D eigenvalue weighted by Crippen LogP contribution is -2.37. The molecule has 1 aromatic carbocycles. The number of carbonyl (C=O) groups is 1. The predicted octanol–water partition coefficient (Wildman–Crippen LogP) is 2.82. The van der Waals surface area contributed by atoms with Gasteiger partial charge < -0.3 is 9.64 Å². The molecule has 1 unspecified atom stereocenters. The van der Waals surface area contributed by atoms with Crippen molar-refractivity contribution in [2.75, 3.05) is 13.1 Å². The Morgan fingerprint density at radius 2 is 2.12 bits per heavy atom. The van der Waals surface area contributed by atoms with Gasteiger partial charge in [-0.2, -0.15) is 0 Å². The Hall–Kier alpha value is -2.08. The first kappa shape index (κ1) is 16.8. The third kappa shape index (κ3) is 2.86. The van der Waals surface area contributed by atoms with E-state index in [0.29, 0.717) is 13.1 Å². The molecule has 1 heterocycles. The lowest BCUT2D eigenvalue weighted by Gasteiger charge is -2.27. The van der Waals surface area contributed by atoms with Gasteiger partial charge in [-0.1, -0.05) is 18.2 Å². The first-order valence-corrected chi connectivity index (χ1v) is 8.35. The number of fused-ring (bicyclic) bond motifs is 2. The highest BCUT2D eigenvalue weighted by atomic mass is 16.6. The number of hydroxylamine groups is 1. The molecular formula is C18H25N3O3. The lowest BCUT2D eigenvalue weighted by atomic mass is 9.81. The van der Waals surface area contributed by atoms with E-state index in [1.54, 1.807) is 4.90 Å². The molecule has 1 saturated heterocycles. The molecular weight excluding hydrogens is 306 g/mol. The second-order valence-corrected chi connectivity index (χ2v) is 7.75. The van der Waals surface area contributed by atoms with Crippen LogP contribution in [0.1, 0.15) is 50.3 Å². The van der Waals surface area contributed by atoms with Gasteiger partial charge in [-0.15, -0.1) is 0 Å². The fourth-order valence-electron chi connectivity index (χ4n) is 3.93. The highest BCUT2D eigenvalue weighted by Crippen LogP contribution is 2.46. The molecule has 1 aliphatic carbocycles. The molecule has 0 saturated carbocycles. The third-order valence-corrected chi connectivity index (χ3v) is 4.99. The average molecular weight is 331 g/mol. The van der Waals surface area contributed by atoms with Crippen molar-refractivity contribution in [2.24, 2.45) is 0 Å². The normalized spacial score (nSPS) is 22.6. The predicted molar refractivity (Wildman–Crippen MR) is 90.6 cm³/mol. The van der Waals surface area contributed by atoms with Crippen molar-refractivity contribution >= 4 is 11.9 Å². The van der Waals surface area contributed by atoms with Crippen molar-refractivity contribution in [3.63, 3.8) is 0 Å². The summed E-state index contributed by atoms with van der Waals surface area (Å²) in [7, 11) is 0. The monoisotopic (exact) mass is 331 g/mol. The molecule has 3 N–H and O–H groups in total. The molecule has 1 aromatic rings. The number of nitrogens with zero attached hydrogens (tertiary/aromatic N) is 1. The van der Waals surface area contributed by atoms with Crippen LogP contribution in [-0.2, 0) is 16.6 Å². The molecule has 2 aliphatic rings. The van der Waals surface area contributed by atoms with Gasteiger partial charge in [0.2, 0.25) is 0 Å². The number of benzene rings is 1. The van der Waals surface area contributed by atoms with Gasteiger partial charge in [0.05, 0.1) is 0 Å². The Bertz CT molecular complexity index is 681. The van der Waals surface area contributed by atoms with Crippen LogP contribution in [0.4, 0.5) is 4.79 Å². The summed E-state index contributed by atoms with van der Waals surface area (Å²) in [4.78, 5) is 14.2. The van der Waals surface area contributed by atoms with E-state index < -0.39 is 5.60 Å². The van der Waals surface area contributed by atoms with Crippen molar-refractivity contribution < 1.29 is 14.7 Å². The zero-order valence-electron chi connectivity index (χ0n) is 14.5. The number of ether oxygens (including phenoxy) is 1. The highest BCUT2D eigenvalue weighted by Gasteiger charge is 2.46. The number of hydrogen-bond acceptors (Lipinski definition) is 4. The standard InChI is InChI=1S/C18H25N3O3/c1-17(2,3)24-16(22)21-10-9-18(11-21)8-7-12-13(15(19)20-23)5-4-6-14(12)18/h4-6,23H,7-11H2,1-3H3,(H2,19,20). The molecule has 3 rings (SSSR count). The van der Waals surface area contributed by atoms with Gasteiger partial charge in [0.25, 0.3) is 0 Å². The van der Waals surface area contributed by atoms with E-state index in [2.05, 4.69) is 6.07 Å². The summed E-state index contributed by atoms with van der Waals surface area (Å²) < 4.78 is 5.50. The molecule has 1 aliphatic heterocycles. The molecule has 0 radical (unpaired) electrons. The smallest absolute Gasteiger partial charge is 0.410 e. The van der Waals surface area contributed by atoms with Crippen LogP contribution in [0.25, 0.3) is 0 Å². The van der Waals surface area contributed by atoms with E-state index >= 15 is 0 Å². The topological polar surface area (TPSA) is 85.7 Å². The van der Waals surface area contributed by atoms with E-state index in [4.69, 9.17) is 15.4 Å². The summed E-state index contributed by atoms with van der Waals surface area (Å²) in [5.74, 6) is 0.0193. The number of likely N-dealkylation sites (tertiary alicyclic amines) is 1. The van der Waals surface area contributed by atoms with Gasteiger partial charge in [-0.05, 0) is 51.2 Å². The zero-order valence-corrected chi connectivity index (χ0v) is 14.5. The summed E-state index contributed by atoms with van der Waals surface area (Å²) in [5.41, 5.74) is 4.44. The summed E-state index contributed by atoms with van der Waals surface area (Å²) in [5, 5.41) is 16.9. The molecule has 130 valence electrons. The van der Waals surface area contributed by atoms with E-state index in [1.807, 2.05) is 38.4 Å². The zero-order chi connectivity index (χ0) is 17.5. The number of amidine groups is 1. The molecule has 1 spiro atoms. The Morgan fingerprint density at radius 1 is 1.38 bits per heavy atom. The SMILES string of the molecule is CC(C)(C)OC(=O)N1CCC2(CCc3c(C(=N)NO)cccc32)C1. The van der Waals surface area contributed by atoms with Gasteiger partial charge in [0, 0.05) is 24.1 Å². The van der Waals surface area contributed by atoms with E-state index in [9.17, 15) is 4.79 Å². The maximum Gasteiger partial charge on any atom is 0.410 e. The molecule has 1 amide bonds. The maximum atomic E-state index is 12.4. The van der Waals surface area contributed by atoms with E-state index in [0.717, 1.165) is 30.4 Å². The minimum absolute atomic E-state index is 0.0193. The van der Waals surface area contributed by atoms with Crippen LogP contribution >= 0.6 is 0 Å². The Balaban J connectivity index is 1.84. The van der Waals surface area contributed by atoms with E-state index in [-0.39, 0.29) is 17.3 Å². The highest BCUT2D eigenvalue weighted by molar-refractivity contribution is 5.97. The minimum atomic E-state index is -0.491. The number of carbonyl (C=O) groups excluding carboxylic acids is 1. The molecule has 1 fully saturated rings. The van der Waals surface area contributed by atoms with Crippen molar-refractivity contribution in [2.45, 2.75) is 51.0 Å². The van der Waals surface area contributed by atoms with Crippen LogP contribution in [0.15, 0.2) is 18.2 Å². The number of amides is 1. The summed E-state index contributed by atoms with van der Waals surface area (Å²) in [6.45, 7) is 6.97. The molecule has 0 aromatic heterocycles. The van der Waals surface area contributed by atoms with Gasteiger partial charge >= 0.3 is 6.09 Å². The van der Waals surface area contributed by atoms with Crippen molar-refractivity contribution in [3.8, 4) is 0 Å². The Morgan fingerprint density at radius 3 is 2.79 bits per heavy atom. The van der Waals surface area contributed by atoms with Gasteiger partial charge in [-0.3, -0.25) is 16.1 Å². The molecule has 1 atom stereocenters. The fraction of sp³-hybridized carbons (Fsp3) is 0.556. The van der Waals surface area contributed by atoms with Crippen LogP contribution in [0.3, 0.4) is 0 Å². The average Bonchev–Trinajstić information content (AvgIpc) is 3.11. The molecule has 6 heteroatoms. The summed E-state index contributed by atoms with van der Waals surface area (Å²) in [6.07, 6.45) is 2.46. The minimum Gasteiger partial charge on any atom is -0.444 e. The van der Waals surface area contributed by atoms with Crippen LogP contribution in [-0.4, -0.2) is 40.7 Å². The van der Waals surface area contributed by atoms with Crippen LogP contribution in [0, 0.1) is 5.41 Å². The number of hydrogen-bond donors (Lipinski definition) is 3. The van der Waals surface area contributed by atoms with E-state index in [1.165, 1.54) is 5.56 Å². The second-order valence-electron chi connectivity index (χ2n) is 7.75.